The molecule has 1 aromatic heterocycles. The Hall–Kier alpha value is -2.30. The van der Waals surface area contributed by atoms with Gasteiger partial charge in [0.05, 0.1) is 0 Å². The lowest BCUT2D eigenvalue weighted by Gasteiger charge is -2.37. The number of para-hydroxylation sites is 1. The molecule has 4 nitrogen and oxygen atoms in total. The Morgan fingerprint density at radius 1 is 1.04 bits per heavy atom. The number of likely N-dealkylation sites (tertiary alicyclic amines) is 1. The van der Waals surface area contributed by atoms with Crippen LogP contribution in [0.5, 0.6) is 5.75 Å². The van der Waals surface area contributed by atoms with Crippen LogP contribution in [0.15, 0.2) is 48.7 Å². The van der Waals surface area contributed by atoms with Gasteiger partial charge in [0, 0.05) is 43.8 Å². The van der Waals surface area contributed by atoms with Gasteiger partial charge in [-0.25, -0.2) is 0 Å². The molecule has 0 radical (unpaired) electrons. The summed E-state index contributed by atoms with van der Waals surface area (Å²) >= 11 is 0. The van der Waals surface area contributed by atoms with Gasteiger partial charge in [-0.15, -0.1) is 0 Å². The van der Waals surface area contributed by atoms with Crippen LogP contribution in [0.2, 0.25) is 0 Å². The molecule has 0 atom stereocenters. The van der Waals surface area contributed by atoms with Gasteiger partial charge >= 0.3 is 0 Å². The van der Waals surface area contributed by atoms with E-state index in [1.54, 1.807) is 0 Å². The zero-order valence-electron chi connectivity index (χ0n) is 17.1. The number of rotatable bonds is 5. The normalized spacial score (nSPS) is 17.1. The van der Waals surface area contributed by atoms with Crippen molar-refractivity contribution in [1.29, 1.82) is 0 Å². The van der Waals surface area contributed by atoms with Crippen LogP contribution in [0.4, 0.5) is 0 Å². The molecular formula is C24H30N2O2. The number of hydrogen-bond acceptors (Lipinski definition) is 3. The Morgan fingerprint density at radius 3 is 2.54 bits per heavy atom. The second-order valence-corrected chi connectivity index (χ2v) is 8.32. The minimum Gasteiger partial charge on any atom is -0.491 e. The number of nitrogens with zero attached hydrogens (tertiary/aromatic N) is 2. The zero-order chi connectivity index (χ0) is 19.7. The molecule has 0 bridgehead atoms. The summed E-state index contributed by atoms with van der Waals surface area (Å²) in [4.78, 5) is 2.44. The highest BCUT2D eigenvalue weighted by Gasteiger charge is 2.33. The van der Waals surface area contributed by atoms with Crippen LogP contribution in [0.1, 0.15) is 29.5 Å². The maximum absolute atomic E-state index is 11.0. The van der Waals surface area contributed by atoms with Crippen LogP contribution in [0.3, 0.4) is 0 Å². The molecule has 1 saturated heterocycles. The zero-order valence-corrected chi connectivity index (χ0v) is 17.1. The minimum absolute atomic E-state index is 0.359. The summed E-state index contributed by atoms with van der Waals surface area (Å²) in [5.74, 6) is 0.842. The third-order valence-corrected chi connectivity index (χ3v) is 6.15. The lowest BCUT2D eigenvalue weighted by Crippen LogP contribution is -2.47. The third kappa shape index (κ3) is 3.94. The molecule has 1 aliphatic heterocycles. The number of aryl methyl sites for hydroxylation is 3. The molecule has 4 heteroatoms. The molecule has 4 rings (SSSR count). The van der Waals surface area contributed by atoms with E-state index >= 15 is 0 Å². The lowest BCUT2D eigenvalue weighted by molar-refractivity contribution is -0.0536. The first-order valence-corrected chi connectivity index (χ1v) is 10.1. The van der Waals surface area contributed by atoms with Crippen LogP contribution in [-0.2, 0) is 13.6 Å². The number of piperidine rings is 1. The summed E-state index contributed by atoms with van der Waals surface area (Å²) < 4.78 is 8.12. The van der Waals surface area contributed by atoms with Crippen molar-refractivity contribution in [3.8, 4) is 5.75 Å². The topological polar surface area (TPSA) is 37.6 Å². The van der Waals surface area contributed by atoms with Crippen molar-refractivity contribution in [2.75, 3.05) is 19.7 Å². The van der Waals surface area contributed by atoms with Crippen molar-refractivity contribution >= 4 is 10.9 Å². The lowest BCUT2D eigenvalue weighted by atomic mass is 9.92. The van der Waals surface area contributed by atoms with E-state index in [9.17, 15) is 5.11 Å². The average molecular weight is 379 g/mol. The largest absolute Gasteiger partial charge is 0.491 e. The van der Waals surface area contributed by atoms with Crippen molar-refractivity contribution in [3.05, 3.63) is 65.4 Å². The number of benzene rings is 2. The Kier molecular flexibility index (Phi) is 5.17. The van der Waals surface area contributed by atoms with Crippen LogP contribution in [0, 0.1) is 13.8 Å². The maximum Gasteiger partial charge on any atom is 0.119 e. The summed E-state index contributed by atoms with van der Waals surface area (Å²) in [6, 6.07) is 14.7. The predicted octanol–water partition coefficient (Wildman–Crippen LogP) is 4.20. The highest BCUT2D eigenvalue weighted by atomic mass is 16.5. The van der Waals surface area contributed by atoms with E-state index in [1.165, 1.54) is 27.6 Å². The fourth-order valence-electron chi connectivity index (χ4n) is 4.09. The molecule has 0 amide bonds. The number of ether oxygens (including phenoxy) is 1. The van der Waals surface area contributed by atoms with Crippen LogP contribution >= 0.6 is 0 Å². The monoisotopic (exact) mass is 378 g/mol. The van der Waals surface area contributed by atoms with E-state index in [0.29, 0.717) is 6.61 Å². The molecule has 2 aromatic carbocycles. The van der Waals surface area contributed by atoms with Gasteiger partial charge < -0.3 is 14.4 Å². The average Bonchev–Trinajstić information content (AvgIpc) is 3.01. The molecule has 0 spiro atoms. The molecule has 1 aliphatic rings. The molecule has 1 fully saturated rings. The minimum atomic E-state index is -0.742. The molecule has 148 valence electrons. The summed E-state index contributed by atoms with van der Waals surface area (Å²) in [6.07, 6.45) is 3.71. The molecule has 0 aliphatic carbocycles. The fraction of sp³-hybridized carbons (Fsp3) is 0.417. The molecule has 3 aromatic rings. The first-order valence-electron chi connectivity index (χ1n) is 10.1. The highest BCUT2D eigenvalue weighted by Crippen LogP contribution is 2.27. The Balaban J connectivity index is 1.35. The van der Waals surface area contributed by atoms with Crippen LogP contribution < -0.4 is 4.74 Å². The van der Waals surface area contributed by atoms with E-state index in [-0.39, 0.29) is 0 Å². The van der Waals surface area contributed by atoms with E-state index < -0.39 is 5.60 Å². The first kappa shape index (κ1) is 19.0. The van der Waals surface area contributed by atoms with Crippen LogP contribution in [0.25, 0.3) is 10.9 Å². The standard InChI is InChI=1S/C24H30N2O2/c1-18-8-9-21(14-19(18)2)28-17-24(27)10-12-26(13-11-24)16-20-15-25(3)23-7-5-4-6-22(20)23/h4-9,14-15,27H,10-13,16-17H2,1-3H3. The SMILES string of the molecule is Cc1ccc(OCC2(O)CCN(Cc3cn(C)c4ccccc34)CC2)cc1C. The second-order valence-electron chi connectivity index (χ2n) is 8.32. The Bertz CT molecular complexity index is 968. The van der Waals surface area contributed by atoms with Crippen molar-refractivity contribution in [2.45, 2.75) is 38.8 Å². The van der Waals surface area contributed by atoms with E-state index in [2.05, 4.69) is 66.9 Å². The second kappa shape index (κ2) is 7.61. The molecule has 0 saturated carbocycles. The Morgan fingerprint density at radius 2 is 1.79 bits per heavy atom. The summed E-state index contributed by atoms with van der Waals surface area (Å²) in [6.45, 7) is 7.24. The number of fused-ring (bicyclic) bond motifs is 1. The smallest absolute Gasteiger partial charge is 0.119 e. The maximum atomic E-state index is 11.0. The number of aromatic nitrogens is 1. The molecule has 0 unspecified atom stereocenters. The van der Waals surface area contributed by atoms with E-state index in [0.717, 1.165) is 38.2 Å². The molecular weight excluding hydrogens is 348 g/mol. The van der Waals surface area contributed by atoms with Crippen molar-refractivity contribution in [2.24, 2.45) is 7.05 Å². The van der Waals surface area contributed by atoms with Gasteiger partial charge in [-0.3, -0.25) is 4.90 Å². The van der Waals surface area contributed by atoms with Gasteiger partial charge in [0.1, 0.15) is 18.0 Å². The summed E-state index contributed by atoms with van der Waals surface area (Å²) in [5.41, 5.74) is 4.36. The van der Waals surface area contributed by atoms with Gasteiger partial charge in [-0.2, -0.15) is 0 Å². The van der Waals surface area contributed by atoms with Gasteiger partial charge in [0.2, 0.25) is 0 Å². The van der Waals surface area contributed by atoms with Crippen molar-refractivity contribution < 1.29 is 9.84 Å². The quantitative estimate of drug-likeness (QED) is 0.723. The number of aliphatic hydroxyl groups is 1. The van der Waals surface area contributed by atoms with Gasteiger partial charge in [0.25, 0.3) is 0 Å². The Labute approximate surface area is 167 Å². The molecule has 2 heterocycles. The first-order chi connectivity index (χ1) is 13.4. The van der Waals surface area contributed by atoms with E-state index in [4.69, 9.17) is 4.74 Å². The van der Waals surface area contributed by atoms with E-state index in [1.807, 2.05) is 12.1 Å². The number of hydrogen-bond donors (Lipinski definition) is 1. The van der Waals surface area contributed by atoms with Crippen molar-refractivity contribution in [1.82, 2.24) is 9.47 Å². The molecule has 1 N–H and O–H groups in total. The summed E-state index contributed by atoms with van der Waals surface area (Å²) in [7, 11) is 2.10. The van der Waals surface area contributed by atoms with Crippen LogP contribution in [-0.4, -0.2) is 39.9 Å². The fourth-order valence-corrected chi connectivity index (χ4v) is 4.09. The third-order valence-electron chi connectivity index (χ3n) is 6.15. The van der Waals surface area contributed by atoms with Gasteiger partial charge in [-0.1, -0.05) is 24.3 Å². The highest BCUT2D eigenvalue weighted by molar-refractivity contribution is 5.83. The summed E-state index contributed by atoms with van der Waals surface area (Å²) in [5, 5.41) is 12.3. The molecule has 28 heavy (non-hydrogen) atoms. The van der Waals surface area contributed by atoms with Gasteiger partial charge in [0.15, 0.2) is 0 Å². The van der Waals surface area contributed by atoms with Crippen molar-refractivity contribution in [3.63, 3.8) is 0 Å². The van der Waals surface area contributed by atoms with Gasteiger partial charge in [-0.05, 0) is 61.6 Å². The predicted molar refractivity (Wildman–Crippen MR) is 114 cm³/mol.